The Morgan fingerprint density at radius 1 is 1.42 bits per heavy atom. The number of aliphatic hydroxyl groups is 1. The van der Waals surface area contributed by atoms with E-state index in [1.165, 1.54) is 0 Å². The highest BCUT2D eigenvalue weighted by Crippen LogP contribution is 2.14. The summed E-state index contributed by atoms with van der Waals surface area (Å²) in [4.78, 5) is 4.14. The maximum atomic E-state index is 9.33. The summed E-state index contributed by atoms with van der Waals surface area (Å²) in [7, 11) is 0. The van der Waals surface area contributed by atoms with Gasteiger partial charge >= 0.3 is 0 Å². The number of imidazole rings is 1. The van der Waals surface area contributed by atoms with Crippen LogP contribution < -0.4 is 0 Å². The van der Waals surface area contributed by atoms with Crippen LogP contribution in [-0.2, 0) is 0 Å². The molecule has 3 heteroatoms. The van der Waals surface area contributed by atoms with Crippen LogP contribution in [0.3, 0.4) is 0 Å². The van der Waals surface area contributed by atoms with Gasteiger partial charge in [-0.2, -0.15) is 0 Å². The molecule has 0 saturated carbocycles. The molecule has 3 nitrogen and oxygen atoms in total. The lowest BCUT2D eigenvalue weighted by Gasteiger charge is -2.05. The van der Waals surface area contributed by atoms with Gasteiger partial charge in [-0.15, -0.1) is 0 Å². The molecule has 0 amide bonds. The molecule has 62 valence electrons. The van der Waals surface area contributed by atoms with Gasteiger partial charge in [-0.3, -0.25) is 0 Å². The monoisotopic (exact) mass is 162 g/mol. The number of rotatable bonds is 1. The molecule has 2 aromatic rings. The first kappa shape index (κ1) is 7.31. The molecular weight excluding hydrogens is 152 g/mol. The van der Waals surface area contributed by atoms with E-state index in [9.17, 15) is 5.11 Å². The molecule has 0 saturated heterocycles. The lowest BCUT2D eigenvalue weighted by molar-refractivity contribution is 0.129. The van der Waals surface area contributed by atoms with E-state index in [2.05, 4.69) is 4.98 Å². The SMILES string of the molecule is CC(O)n1cnc2ccccc21. The minimum atomic E-state index is -0.516. The van der Waals surface area contributed by atoms with Crippen molar-refractivity contribution in [1.29, 1.82) is 0 Å². The quantitative estimate of drug-likeness (QED) is 0.690. The molecule has 2 rings (SSSR count). The smallest absolute Gasteiger partial charge is 0.129 e. The summed E-state index contributed by atoms with van der Waals surface area (Å²) in [5.41, 5.74) is 1.88. The Kier molecular flexibility index (Phi) is 1.59. The Labute approximate surface area is 70.3 Å². The van der Waals surface area contributed by atoms with Crippen molar-refractivity contribution >= 4 is 11.0 Å². The van der Waals surface area contributed by atoms with E-state index in [-0.39, 0.29) is 0 Å². The highest BCUT2D eigenvalue weighted by Gasteiger charge is 2.03. The minimum Gasteiger partial charge on any atom is -0.374 e. The number of para-hydroxylation sites is 2. The van der Waals surface area contributed by atoms with E-state index >= 15 is 0 Å². The Morgan fingerprint density at radius 2 is 2.17 bits per heavy atom. The third kappa shape index (κ3) is 0.987. The van der Waals surface area contributed by atoms with Crippen LogP contribution in [0.25, 0.3) is 11.0 Å². The second kappa shape index (κ2) is 2.60. The molecule has 0 radical (unpaired) electrons. The molecule has 1 N–H and O–H groups in total. The van der Waals surface area contributed by atoms with Crippen LogP contribution in [0.4, 0.5) is 0 Å². The maximum Gasteiger partial charge on any atom is 0.129 e. The molecule has 12 heavy (non-hydrogen) atoms. The van der Waals surface area contributed by atoms with Crippen LogP contribution in [0.2, 0.25) is 0 Å². The fourth-order valence-corrected chi connectivity index (χ4v) is 1.28. The molecule has 0 aliphatic carbocycles. The van der Waals surface area contributed by atoms with Gasteiger partial charge in [0.15, 0.2) is 0 Å². The number of aliphatic hydroxyl groups excluding tert-OH is 1. The van der Waals surface area contributed by atoms with Crippen molar-refractivity contribution < 1.29 is 5.11 Å². The van der Waals surface area contributed by atoms with E-state index in [0.29, 0.717) is 0 Å². The summed E-state index contributed by atoms with van der Waals surface area (Å²) in [6.07, 6.45) is 1.13. The van der Waals surface area contributed by atoms with Gasteiger partial charge in [0.1, 0.15) is 6.23 Å². The van der Waals surface area contributed by atoms with E-state index in [1.807, 2.05) is 24.3 Å². The number of aromatic nitrogens is 2. The van der Waals surface area contributed by atoms with Crippen molar-refractivity contribution in [3.05, 3.63) is 30.6 Å². The summed E-state index contributed by atoms with van der Waals surface area (Å²) in [5, 5.41) is 9.33. The van der Waals surface area contributed by atoms with Crippen LogP contribution in [0, 0.1) is 0 Å². The van der Waals surface area contributed by atoms with Gasteiger partial charge in [-0.25, -0.2) is 4.98 Å². The Balaban J connectivity index is 2.70. The Morgan fingerprint density at radius 3 is 2.92 bits per heavy atom. The summed E-state index contributed by atoms with van der Waals surface area (Å²) in [6, 6.07) is 7.73. The average Bonchev–Trinajstić information content (AvgIpc) is 2.47. The van der Waals surface area contributed by atoms with Gasteiger partial charge in [0.05, 0.1) is 17.4 Å². The van der Waals surface area contributed by atoms with Crippen LogP contribution in [0.15, 0.2) is 30.6 Å². The molecule has 1 aromatic heterocycles. The number of fused-ring (bicyclic) bond motifs is 1. The Bertz CT molecular complexity index is 392. The summed E-state index contributed by atoms with van der Waals surface area (Å²) >= 11 is 0. The largest absolute Gasteiger partial charge is 0.374 e. The highest BCUT2D eigenvalue weighted by molar-refractivity contribution is 5.74. The molecule has 0 fully saturated rings. The zero-order valence-electron chi connectivity index (χ0n) is 6.81. The standard InChI is InChI=1S/C9H10N2O/c1-7(12)11-6-10-8-4-2-3-5-9(8)11/h2-7,12H,1H3. The van der Waals surface area contributed by atoms with E-state index < -0.39 is 6.23 Å². The second-order valence-corrected chi connectivity index (χ2v) is 2.77. The van der Waals surface area contributed by atoms with Gasteiger partial charge in [0.2, 0.25) is 0 Å². The lowest BCUT2D eigenvalue weighted by atomic mass is 10.3. The lowest BCUT2D eigenvalue weighted by Crippen LogP contribution is -2.00. The number of nitrogens with zero attached hydrogens (tertiary/aromatic N) is 2. The molecule has 0 aliphatic heterocycles. The predicted octanol–water partition coefficient (Wildman–Crippen LogP) is 1.55. The van der Waals surface area contributed by atoms with E-state index in [4.69, 9.17) is 0 Å². The molecular formula is C9H10N2O. The normalized spacial score (nSPS) is 13.5. The number of hydrogen-bond acceptors (Lipinski definition) is 2. The Hall–Kier alpha value is -1.35. The first-order chi connectivity index (χ1) is 5.79. The van der Waals surface area contributed by atoms with Crippen molar-refractivity contribution in [3.8, 4) is 0 Å². The molecule has 1 aromatic carbocycles. The number of benzene rings is 1. The summed E-state index contributed by atoms with van der Waals surface area (Å²) < 4.78 is 1.73. The van der Waals surface area contributed by atoms with E-state index in [0.717, 1.165) is 11.0 Å². The van der Waals surface area contributed by atoms with E-state index in [1.54, 1.807) is 17.8 Å². The zero-order chi connectivity index (χ0) is 8.55. The summed E-state index contributed by atoms with van der Waals surface area (Å²) in [6.45, 7) is 1.72. The van der Waals surface area contributed by atoms with Gasteiger partial charge < -0.3 is 9.67 Å². The van der Waals surface area contributed by atoms with Crippen LogP contribution >= 0.6 is 0 Å². The maximum absolute atomic E-state index is 9.33. The molecule has 0 bridgehead atoms. The average molecular weight is 162 g/mol. The van der Waals surface area contributed by atoms with Gasteiger partial charge in [-0.1, -0.05) is 12.1 Å². The molecule has 1 heterocycles. The minimum absolute atomic E-state index is 0.516. The van der Waals surface area contributed by atoms with Crippen LogP contribution in [0.5, 0.6) is 0 Å². The van der Waals surface area contributed by atoms with Gasteiger partial charge in [-0.05, 0) is 19.1 Å². The topological polar surface area (TPSA) is 38.0 Å². The second-order valence-electron chi connectivity index (χ2n) is 2.77. The van der Waals surface area contributed by atoms with Gasteiger partial charge in [0, 0.05) is 0 Å². The van der Waals surface area contributed by atoms with Crippen molar-refractivity contribution in [2.75, 3.05) is 0 Å². The van der Waals surface area contributed by atoms with Crippen LogP contribution in [-0.4, -0.2) is 14.7 Å². The first-order valence-corrected chi connectivity index (χ1v) is 3.88. The van der Waals surface area contributed by atoms with Crippen molar-refractivity contribution in [2.45, 2.75) is 13.2 Å². The van der Waals surface area contributed by atoms with Gasteiger partial charge in [0.25, 0.3) is 0 Å². The molecule has 0 aliphatic rings. The number of hydrogen-bond donors (Lipinski definition) is 1. The summed E-state index contributed by atoms with van der Waals surface area (Å²) in [5.74, 6) is 0. The molecule has 1 atom stereocenters. The van der Waals surface area contributed by atoms with Crippen LogP contribution in [0.1, 0.15) is 13.2 Å². The fourth-order valence-electron chi connectivity index (χ4n) is 1.28. The van der Waals surface area contributed by atoms with Crippen molar-refractivity contribution in [2.24, 2.45) is 0 Å². The predicted molar refractivity (Wildman–Crippen MR) is 46.7 cm³/mol. The van der Waals surface area contributed by atoms with Crippen molar-refractivity contribution in [3.63, 3.8) is 0 Å². The molecule has 1 unspecified atom stereocenters. The highest BCUT2D eigenvalue weighted by atomic mass is 16.3. The molecule has 0 spiro atoms. The zero-order valence-corrected chi connectivity index (χ0v) is 6.81. The third-order valence-corrected chi connectivity index (χ3v) is 1.88. The van der Waals surface area contributed by atoms with Crippen molar-refractivity contribution in [1.82, 2.24) is 9.55 Å². The third-order valence-electron chi connectivity index (χ3n) is 1.88. The first-order valence-electron chi connectivity index (χ1n) is 3.88. The fraction of sp³-hybridized carbons (Fsp3) is 0.222.